The van der Waals surface area contributed by atoms with E-state index in [0.717, 1.165) is 22.4 Å². The molecule has 0 radical (unpaired) electrons. The van der Waals surface area contributed by atoms with Gasteiger partial charge in [-0.25, -0.2) is 10.0 Å². The zero-order valence-corrected chi connectivity index (χ0v) is 24.1. The molecular formula is C30H26Cl2N6O2S. The van der Waals surface area contributed by atoms with Crippen LogP contribution in [-0.2, 0) is 16.6 Å². The fourth-order valence-corrected chi connectivity index (χ4v) is 5.49. The fourth-order valence-electron chi connectivity index (χ4n) is 4.28. The van der Waals surface area contributed by atoms with Gasteiger partial charge < -0.3 is 5.73 Å². The minimum absolute atomic E-state index is 0.00897. The van der Waals surface area contributed by atoms with Crippen LogP contribution in [0.15, 0.2) is 129 Å². The summed E-state index contributed by atoms with van der Waals surface area (Å²) in [6.45, 7) is 0.596. The normalized spacial score (nSPS) is 16.0. The Morgan fingerprint density at radius 1 is 0.878 bits per heavy atom. The fraction of sp³-hybridized carbons (Fsp3) is 0.100. The van der Waals surface area contributed by atoms with Gasteiger partial charge >= 0.3 is 0 Å². The largest absolute Gasteiger partial charge is 0.370 e. The monoisotopic (exact) mass is 604 g/mol. The zero-order valence-electron chi connectivity index (χ0n) is 21.7. The molecule has 11 heteroatoms. The average Bonchev–Trinajstić information content (AvgIpc) is 3.43. The highest BCUT2D eigenvalue weighted by atomic mass is 35.5. The van der Waals surface area contributed by atoms with Crippen LogP contribution >= 0.6 is 23.2 Å². The van der Waals surface area contributed by atoms with E-state index in [1.165, 1.54) is 29.3 Å². The number of nitrogens with two attached hydrogens (primary N) is 1. The second-order valence-corrected chi connectivity index (χ2v) is 11.7. The number of hydrogen-bond acceptors (Lipinski definition) is 4. The van der Waals surface area contributed by atoms with Crippen LogP contribution in [0.1, 0.15) is 22.6 Å². The molecule has 3 N–H and O–H groups in total. The highest BCUT2D eigenvalue weighted by Crippen LogP contribution is 2.30. The number of nitrogens with zero attached hydrogens (tertiary/aromatic N) is 4. The molecule has 0 saturated carbocycles. The summed E-state index contributed by atoms with van der Waals surface area (Å²) >= 11 is 12.1. The van der Waals surface area contributed by atoms with Gasteiger partial charge in [0.2, 0.25) is 5.96 Å². The molecule has 1 heterocycles. The van der Waals surface area contributed by atoms with Gasteiger partial charge in [-0.3, -0.25) is 5.32 Å². The smallest absolute Gasteiger partial charge is 0.285 e. The lowest BCUT2D eigenvalue weighted by molar-refractivity contribution is 0.464. The molecule has 41 heavy (non-hydrogen) atoms. The van der Waals surface area contributed by atoms with E-state index < -0.39 is 10.0 Å². The molecular weight excluding hydrogens is 579 g/mol. The molecule has 4 aromatic carbocycles. The van der Waals surface area contributed by atoms with E-state index >= 15 is 0 Å². The number of nitrogens with one attached hydrogen (secondary N) is 1. The molecule has 0 aliphatic carbocycles. The molecule has 0 fully saturated rings. The number of hydrogen-bond donors (Lipinski definition) is 2. The van der Waals surface area contributed by atoms with Gasteiger partial charge in [-0.1, -0.05) is 96.0 Å². The Kier molecular flexibility index (Phi) is 8.68. The van der Waals surface area contributed by atoms with E-state index in [0.29, 0.717) is 23.1 Å². The Morgan fingerprint density at radius 3 is 2.10 bits per heavy atom. The maximum atomic E-state index is 13.4. The quantitative estimate of drug-likeness (QED) is 0.218. The van der Waals surface area contributed by atoms with Crippen molar-refractivity contribution in [2.45, 2.75) is 17.4 Å². The van der Waals surface area contributed by atoms with Gasteiger partial charge in [0.1, 0.15) is 0 Å². The van der Waals surface area contributed by atoms with Crippen LogP contribution in [0.3, 0.4) is 0 Å². The molecule has 1 atom stereocenters. The third-order valence-electron chi connectivity index (χ3n) is 6.33. The summed E-state index contributed by atoms with van der Waals surface area (Å²) in [4.78, 5) is 4.36. The first-order valence-corrected chi connectivity index (χ1v) is 14.9. The summed E-state index contributed by atoms with van der Waals surface area (Å²) in [6, 6.07) is 32.5. The van der Waals surface area contributed by atoms with E-state index in [9.17, 15) is 8.42 Å². The number of hydrazone groups is 1. The molecule has 1 aliphatic rings. The van der Waals surface area contributed by atoms with Gasteiger partial charge in [-0.2, -0.15) is 13.5 Å². The predicted molar refractivity (Wildman–Crippen MR) is 165 cm³/mol. The number of aliphatic imine (C=N–C) groups is 1. The van der Waals surface area contributed by atoms with Gasteiger partial charge in [0, 0.05) is 16.0 Å². The van der Waals surface area contributed by atoms with Crippen molar-refractivity contribution in [3.05, 3.63) is 136 Å². The first-order chi connectivity index (χ1) is 19.8. The summed E-state index contributed by atoms with van der Waals surface area (Å²) in [5, 5.41) is 10.2. The van der Waals surface area contributed by atoms with Crippen molar-refractivity contribution in [3.8, 4) is 0 Å². The highest BCUT2D eigenvalue weighted by molar-refractivity contribution is 7.90. The van der Waals surface area contributed by atoms with Crippen LogP contribution < -0.4 is 11.1 Å². The second-order valence-electron chi connectivity index (χ2n) is 9.19. The highest BCUT2D eigenvalue weighted by Gasteiger charge is 2.33. The Morgan fingerprint density at radius 2 is 1.46 bits per heavy atom. The minimum atomic E-state index is -4.17. The SMILES string of the molecule is NC(=NCc1ccccc1)N/C(=N/S(=O)(=O)c1ccc(Cl)cc1)N1CC(c2ccccc2)C(c2ccc(Cl)cc2)=N1. The number of rotatable bonds is 6. The summed E-state index contributed by atoms with van der Waals surface area (Å²) in [6.07, 6.45) is 0. The van der Waals surface area contributed by atoms with Crippen LogP contribution in [0.4, 0.5) is 0 Å². The van der Waals surface area contributed by atoms with Crippen molar-refractivity contribution in [1.82, 2.24) is 10.3 Å². The maximum Gasteiger partial charge on any atom is 0.285 e. The molecule has 1 unspecified atom stereocenters. The van der Waals surface area contributed by atoms with Gasteiger partial charge in [0.05, 0.1) is 23.7 Å². The predicted octanol–water partition coefficient (Wildman–Crippen LogP) is 5.65. The number of halogens is 2. The third-order valence-corrected chi connectivity index (χ3v) is 8.12. The van der Waals surface area contributed by atoms with E-state index in [4.69, 9.17) is 34.0 Å². The maximum absolute atomic E-state index is 13.4. The Hall–Kier alpha value is -4.18. The van der Waals surface area contributed by atoms with Gasteiger partial charge in [-0.15, -0.1) is 4.40 Å². The summed E-state index contributed by atoms with van der Waals surface area (Å²) in [7, 11) is -4.17. The van der Waals surface area contributed by atoms with Crippen molar-refractivity contribution in [3.63, 3.8) is 0 Å². The third kappa shape index (κ3) is 7.13. The number of sulfonamides is 1. The Bertz CT molecular complexity index is 1690. The first-order valence-electron chi connectivity index (χ1n) is 12.7. The lowest BCUT2D eigenvalue weighted by atomic mass is 9.91. The standard InChI is InChI=1S/C30H26Cl2N6O2S/c31-24-13-11-23(12-14-24)28-27(22-9-5-2-6-10-22)20-38(36-28)30(35-29(33)34-19-21-7-3-1-4-8-21)37-41(39,40)26-17-15-25(32)16-18-26/h1-18,27H,19-20H2,(H3,33,34,35,37). The van der Waals surface area contributed by atoms with Gasteiger partial charge in [-0.05, 0) is 53.1 Å². The molecule has 208 valence electrons. The zero-order chi connectivity index (χ0) is 28.8. The van der Waals surface area contributed by atoms with E-state index in [2.05, 4.69) is 14.7 Å². The average molecular weight is 606 g/mol. The lowest BCUT2D eigenvalue weighted by Gasteiger charge is -2.19. The van der Waals surface area contributed by atoms with E-state index in [1.807, 2.05) is 72.8 Å². The van der Waals surface area contributed by atoms with Crippen molar-refractivity contribution in [1.29, 1.82) is 0 Å². The molecule has 0 spiro atoms. The molecule has 0 saturated heterocycles. The Labute approximate surface area is 248 Å². The van der Waals surface area contributed by atoms with E-state index in [1.54, 1.807) is 12.1 Å². The molecule has 1 aliphatic heterocycles. The van der Waals surface area contributed by atoms with Crippen LogP contribution in [0.2, 0.25) is 10.0 Å². The number of guanidine groups is 2. The molecule has 5 rings (SSSR count). The van der Waals surface area contributed by atoms with Gasteiger partial charge in [0.25, 0.3) is 10.0 Å². The lowest BCUT2D eigenvalue weighted by Crippen LogP contribution is -2.45. The molecule has 0 amide bonds. The van der Waals surface area contributed by atoms with Crippen LogP contribution in [0.5, 0.6) is 0 Å². The van der Waals surface area contributed by atoms with Crippen LogP contribution in [0.25, 0.3) is 0 Å². The molecule has 4 aromatic rings. The summed E-state index contributed by atoms with van der Waals surface area (Å²) < 4.78 is 30.9. The molecule has 0 aromatic heterocycles. The Balaban J connectivity index is 1.55. The van der Waals surface area contributed by atoms with Crippen LogP contribution in [0, 0.1) is 0 Å². The van der Waals surface area contributed by atoms with Gasteiger partial charge in [0.15, 0.2) is 5.96 Å². The molecule has 8 nitrogen and oxygen atoms in total. The summed E-state index contributed by atoms with van der Waals surface area (Å²) in [5.41, 5.74) is 9.75. The second kappa shape index (κ2) is 12.6. The molecule has 0 bridgehead atoms. The van der Waals surface area contributed by atoms with Crippen molar-refractivity contribution in [2.75, 3.05) is 6.54 Å². The van der Waals surface area contributed by atoms with Crippen LogP contribution in [-0.4, -0.2) is 37.6 Å². The topological polar surface area (TPSA) is 113 Å². The minimum Gasteiger partial charge on any atom is -0.370 e. The first kappa shape index (κ1) is 28.4. The van der Waals surface area contributed by atoms with Crippen molar-refractivity contribution >= 4 is 50.9 Å². The van der Waals surface area contributed by atoms with E-state index in [-0.39, 0.29) is 22.7 Å². The number of benzene rings is 4. The van der Waals surface area contributed by atoms with Crippen molar-refractivity contribution < 1.29 is 8.42 Å². The van der Waals surface area contributed by atoms with Crippen molar-refractivity contribution in [2.24, 2.45) is 20.2 Å². The summed E-state index contributed by atoms with van der Waals surface area (Å²) in [5.74, 6) is -0.283.